The number of carbonyl (C=O) groups excluding carboxylic acids is 2. The lowest BCUT2D eigenvalue weighted by Gasteiger charge is -2.10. The Labute approximate surface area is 187 Å². The Hall–Kier alpha value is -4.06. The Morgan fingerprint density at radius 2 is 1.47 bits per heavy atom. The van der Waals surface area contributed by atoms with Crippen molar-refractivity contribution in [1.29, 1.82) is 0 Å². The fourth-order valence-electron chi connectivity index (χ4n) is 2.98. The van der Waals surface area contributed by atoms with Crippen LogP contribution in [0.15, 0.2) is 66.7 Å². The van der Waals surface area contributed by atoms with Crippen molar-refractivity contribution < 1.29 is 28.5 Å². The molecule has 0 radical (unpaired) electrons. The third-order valence-electron chi connectivity index (χ3n) is 4.78. The summed E-state index contributed by atoms with van der Waals surface area (Å²) < 4.78 is 21.3. The number of hydrogen-bond donors (Lipinski definition) is 0. The van der Waals surface area contributed by atoms with Crippen LogP contribution in [0.4, 0.5) is 0 Å². The van der Waals surface area contributed by atoms with Crippen molar-refractivity contribution in [3.05, 3.63) is 89.0 Å². The van der Waals surface area contributed by atoms with Gasteiger partial charge in [-0.2, -0.15) is 0 Å². The van der Waals surface area contributed by atoms with Crippen molar-refractivity contribution in [3.8, 4) is 23.0 Å². The van der Waals surface area contributed by atoms with Crippen LogP contribution < -0.4 is 18.9 Å². The summed E-state index contributed by atoms with van der Waals surface area (Å²) in [5, 5.41) is 0. The minimum Gasteiger partial charge on any atom is -0.497 e. The molecular weight excluding hydrogens is 408 g/mol. The monoisotopic (exact) mass is 432 g/mol. The number of benzene rings is 3. The van der Waals surface area contributed by atoms with Crippen LogP contribution in [0, 0.1) is 6.92 Å². The predicted molar refractivity (Wildman–Crippen MR) is 122 cm³/mol. The second-order valence-electron chi connectivity index (χ2n) is 6.93. The molecule has 0 bridgehead atoms. The molecule has 0 spiro atoms. The largest absolute Gasteiger partial charge is 0.497 e. The van der Waals surface area contributed by atoms with E-state index in [4.69, 9.17) is 18.9 Å². The van der Waals surface area contributed by atoms with Crippen LogP contribution >= 0.6 is 0 Å². The van der Waals surface area contributed by atoms with E-state index in [1.54, 1.807) is 61.7 Å². The lowest BCUT2D eigenvalue weighted by atomic mass is 10.1. The van der Waals surface area contributed by atoms with Crippen LogP contribution in [0.25, 0.3) is 6.08 Å². The lowest BCUT2D eigenvalue weighted by Crippen LogP contribution is -2.09. The number of hydrogen-bond acceptors (Lipinski definition) is 6. The third-order valence-corrected chi connectivity index (χ3v) is 4.78. The SMILES string of the molecule is COc1ccc(C(=O)C=Cc2ccc(OC(=O)c3ccc(C)cc3)c(OC)c2)c(OC)c1. The van der Waals surface area contributed by atoms with E-state index in [9.17, 15) is 9.59 Å². The summed E-state index contributed by atoms with van der Waals surface area (Å²) in [6.45, 7) is 1.94. The molecule has 6 nitrogen and oxygen atoms in total. The first-order chi connectivity index (χ1) is 15.4. The molecule has 0 amide bonds. The zero-order valence-electron chi connectivity index (χ0n) is 18.4. The molecular formula is C26H24O6. The summed E-state index contributed by atoms with van der Waals surface area (Å²) in [5.41, 5.74) is 2.62. The molecule has 0 fully saturated rings. The molecule has 0 atom stereocenters. The normalized spacial score (nSPS) is 10.6. The summed E-state index contributed by atoms with van der Waals surface area (Å²) in [4.78, 5) is 25.0. The van der Waals surface area contributed by atoms with E-state index < -0.39 is 5.97 Å². The van der Waals surface area contributed by atoms with E-state index in [0.29, 0.717) is 39.7 Å². The zero-order valence-corrected chi connectivity index (χ0v) is 18.4. The van der Waals surface area contributed by atoms with Crippen molar-refractivity contribution >= 4 is 17.8 Å². The Morgan fingerprint density at radius 1 is 0.750 bits per heavy atom. The highest BCUT2D eigenvalue weighted by molar-refractivity contribution is 6.08. The maximum absolute atomic E-state index is 12.6. The number of rotatable bonds is 8. The second-order valence-corrected chi connectivity index (χ2v) is 6.93. The molecule has 0 aliphatic rings. The number of allylic oxidation sites excluding steroid dienone is 1. The van der Waals surface area contributed by atoms with Gasteiger partial charge in [-0.1, -0.05) is 29.8 Å². The quantitative estimate of drug-likeness (QED) is 0.213. The van der Waals surface area contributed by atoms with Gasteiger partial charge in [-0.3, -0.25) is 4.79 Å². The van der Waals surface area contributed by atoms with Crippen molar-refractivity contribution in [2.24, 2.45) is 0 Å². The Balaban J connectivity index is 1.77. The lowest BCUT2D eigenvalue weighted by molar-refractivity contribution is 0.0729. The van der Waals surface area contributed by atoms with E-state index >= 15 is 0 Å². The van der Waals surface area contributed by atoms with Crippen LogP contribution in [-0.4, -0.2) is 33.1 Å². The van der Waals surface area contributed by atoms with Gasteiger partial charge in [0, 0.05) is 6.07 Å². The number of aryl methyl sites for hydroxylation is 1. The third kappa shape index (κ3) is 5.35. The highest BCUT2D eigenvalue weighted by Crippen LogP contribution is 2.30. The van der Waals surface area contributed by atoms with Gasteiger partial charge in [0.15, 0.2) is 17.3 Å². The highest BCUT2D eigenvalue weighted by atomic mass is 16.6. The number of carbonyl (C=O) groups is 2. The first-order valence-electron chi connectivity index (χ1n) is 9.86. The van der Waals surface area contributed by atoms with Gasteiger partial charge in [0.2, 0.25) is 0 Å². The molecule has 0 heterocycles. The van der Waals surface area contributed by atoms with E-state index in [1.807, 2.05) is 19.1 Å². The smallest absolute Gasteiger partial charge is 0.343 e. The van der Waals surface area contributed by atoms with Gasteiger partial charge in [0.25, 0.3) is 0 Å². The molecule has 164 valence electrons. The summed E-state index contributed by atoms with van der Waals surface area (Å²) in [6, 6.07) is 17.2. The average molecular weight is 432 g/mol. The molecule has 0 saturated heterocycles. The summed E-state index contributed by atoms with van der Waals surface area (Å²) in [6.07, 6.45) is 3.09. The summed E-state index contributed by atoms with van der Waals surface area (Å²) in [5.74, 6) is 0.991. The van der Waals surface area contributed by atoms with Crippen molar-refractivity contribution in [1.82, 2.24) is 0 Å². The fraction of sp³-hybridized carbons (Fsp3) is 0.154. The number of methoxy groups -OCH3 is 3. The van der Waals surface area contributed by atoms with Crippen LogP contribution in [0.5, 0.6) is 23.0 Å². The number of ketones is 1. The van der Waals surface area contributed by atoms with Gasteiger partial charge in [0.1, 0.15) is 11.5 Å². The maximum atomic E-state index is 12.6. The molecule has 3 aromatic carbocycles. The van der Waals surface area contributed by atoms with E-state index in [1.165, 1.54) is 20.3 Å². The summed E-state index contributed by atoms with van der Waals surface area (Å²) >= 11 is 0. The Kier molecular flexibility index (Phi) is 7.29. The number of esters is 1. The van der Waals surface area contributed by atoms with Crippen molar-refractivity contribution in [3.63, 3.8) is 0 Å². The molecule has 0 saturated carbocycles. The van der Waals surface area contributed by atoms with Crippen molar-refractivity contribution in [2.75, 3.05) is 21.3 Å². The first kappa shape index (κ1) is 22.6. The fourth-order valence-corrected chi connectivity index (χ4v) is 2.98. The molecule has 6 heteroatoms. The van der Waals surface area contributed by atoms with Gasteiger partial charge in [-0.25, -0.2) is 4.79 Å². The van der Waals surface area contributed by atoms with Crippen molar-refractivity contribution in [2.45, 2.75) is 6.92 Å². The van der Waals surface area contributed by atoms with Gasteiger partial charge < -0.3 is 18.9 Å². The van der Waals surface area contributed by atoms with Gasteiger partial charge in [-0.15, -0.1) is 0 Å². The standard InChI is InChI=1S/C26H24O6/c1-17-5-9-19(10-6-17)26(28)32-23-14-8-18(15-25(23)31-4)7-13-22(27)21-12-11-20(29-2)16-24(21)30-3/h5-16H,1-4H3. The van der Waals surface area contributed by atoms with Crippen LogP contribution in [0.1, 0.15) is 31.8 Å². The van der Waals surface area contributed by atoms with Gasteiger partial charge in [-0.05, 0) is 55.0 Å². The second kappa shape index (κ2) is 10.3. The van der Waals surface area contributed by atoms with Gasteiger partial charge in [0.05, 0.1) is 32.5 Å². The molecule has 3 rings (SSSR count). The minimum atomic E-state index is -0.478. The average Bonchev–Trinajstić information content (AvgIpc) is 2.82. The molecule has 0 aliphatic carbocycles. The topological polar surface area (TPSA) is 71.1 Å². The highest BCUT2D eigenvalue weighted by Gasteiger charge is 2.14. The summed E-state index contributed by atoms with van der Waals surface area (Å²) in [7, 11) is 4.53. The van der Waals surface area contributed by atoms with Crippen LogP contribution in [-0.2, 0) is 0 Å². The van der Waals surface area contributed by atoms with E-state index in [0.717, 1.165) is 5.56 Å². The molecule has 0 unspecified atom stereocenters. The Bertz CT molecular complexity index is 1150. The van der Waals surface area contributed by atoms with Gasteiger partial charge >= 0.3 is 5.97 Å². The predicted octanol–water partition coefficient (Wildman–Crippen LogP) is 5.14. The molecule has 0 N–H and O–H groups in total. The van der Waals surface area contributed by atoms with Crippen LogP contribution in [0.3, 0.4) is 0 Å². The molecule has 0 aromatic heterocycles. The minimum absolute atomic E-state index is 0.224. The maximum Gasteiger partial charge on any atom is 0.343 e. The van der Waals surface area contributed by atoms with E-state index in [2.05, 4.69) is 0 Å². The zero-order chi connectivity index (χ0) is 23.1. The molecule has 0 aliphatic heterocycles. The van der Waals surface area contributed by atoms with Crippen LogP contribution in [0.2, 0.25) is 0 Å². The Morgan fingerprint density at radius 3 is 2.12 bits per heavy atom. The molecule has 32 heavy (non-hydrogen) atoms. The van der Waals surface area contributed by atoms with E-state index in [-0.39, 0.29) is 5.78 Å². The number of ether oxygens (including phenoxy) is 4. The first-order valence-corrected chi connectivity index (χ1v) is 9.86. The molecule has 3 aromatic rings.